The van der Waals surface area contributed by atoms with Gasteiger partial charge in [-0.15, -0.1) is 0 Å². The van der Waals surface area contributed by atoms with Crippen molar-refractivity contribution in [2.45, 2.75) is 25.8 Å². The molecule has 0 spiro atoms. The highest BCUT2D eigenvalue weighted by Crippen LogP contribution is 2.10. The van der Waals surface area contributed by atoms with Crippen molar-refractivity contribution in [3.05, 3.63) is 16.2 Å². The van der Waals surface area contributed by atoms with Gasteiger partial charge in [0.1, 0.15) is 5.82 Å². The van der Waals surface area contributed by atoms with Crippen molar-refractivity contribution in [1.29, 1.82) is 0 Å². The number of hydrogen-bond acceptors (Lipinski definition) is 5. The van der Waals surface area contributed by atoms with Crippen LogP contribution in [0.4, 0.5) is 5.95 Å². The Morgan fingerprint density at radius 3 is 2.62 bits per heavy atom. The van der Waals surface area contributed by atoms with E-state index in [-0.39, 0.29) is 11.5 Å². The average molecular weight is 222 g/mol. The zero-order valence-corrected chi connectivity index (χ0v) is 9.16. The lowest BCUT2D eigenvalue weighted by atomic mass is 10.0. The predicted molar refractivity (Wildman–Crippen MR) is 60.9 cm³/mol. The summed E-state index contributed by atoms with van der Waals surface area (Å²) >= 11 is 0. The summed E-state index contributed by atoms with van der Waals surface area (Å²) < 4.78 is 0. The zero-order chi connectivity index (χ0) is 11.9. The number of nitrogens with zero attached hydrogens (tertiary/aromatic N) is 2. The molecule has 6 N–H and O–H groups in total. The molecule has 2 aromatic rings. The van der Waals surface area contributed by atoms with Crippen LogP contribution in [0.25, 0.3) is 11.2 Å². The summed E-state index contributed by atoms with van der Waals surface area (Å²) in [5.74, 6) is 0.689. The lowest BCUT2D eigenvalue weighted by molar-refractivity contribution is 0.505. The third kappa shape index (κ3) is 2.03. The van der Waals surface area contributed by atoms with Gasteiger partial charge in [0.05, 0.1) is 0 Å². The number of H-pyrrole nitrogens is 2. The smallest absolute Gasteiger partial charge is 0.278 e. The maximum absolute atomic E-state index is 11.5. The van der Waals surface area contributed by atoms with E-state index in [1.165, 1.54) is 0 Å². The number of nitrogen functional groups attached to an aromatic ring is 1. The number of aromatic amines is 2. The fourth-order valence-electron chi connectivity index (χ4n) is 1.49. The standard InChI is InChI=1S/C9H14N6O/c1-9(2,11)3-4-12-5-6(13-4)14-8(10)15-7(5)16/h3,11H2,1-2H3,(H4,10,12,13,14,15,16). The molecule has 0 amide bonds. The summed E-state index contributed by atoms with van der Waals surface area (Å²) in [4.78, 5) is 24.9. The number of rotatable bonds is 2. The number of nitrogens with one attached hydrogen (secondary N) is 2. The van der Waals surface area contributed by atoms with Crippen LogP contribution in [-0.2, 0) is 6.42 Å². The number of fused-ring (bicyclic) bond motifs is 1. The topological polar surface area (TPSA) is 126 Å². The van der Waals surface area contributed by atoms with Gasteiger partial charge < -0.3 is 16.5 Å². The van der Waals surface area contributed by atoms with Crippen LogP contribution < -0.4 is 17.0 Å². The molecule has 0 aliphatic rings. The van der Waals surface area contributed by atoms with Crippen molar-refractivity contribution in [3.8, 4) is 0 Å². The van der Waals surface area contributed by atoms with E-state index in [9.17, 15) is 4.79 Å². The second-order valence-electron chi connectivity index (χ2n) is 4.50. The molecule has 0 aliphatic heterocycles. The number of aromatic nitrogens is 4. The Hall–Kier alpha value is -1.89. The van der Waals surface area contributed by atoms with Crippen LogP contribution in [0.5, 0.6) is 0 Å². The van der Waals surface area contributed by atoms with Crippen LogP contribution in [0.1, 0.15) is 19.7 Å². The van der Waals surface area contributed by atoms with Crippen LogP contribution in [0, 0.1) is 0 Å². The average Bonchev–Trinajstić information content (AvgIpc) is 2.43. The monoisotopic (exact) mass is 222 g/mol. The Morgan fingerprint density at radius 2 is 2.00 bits per heavy atom. The second-order valence-corrected chi connectivity index (χ2v) is 4.50. The zero-order valence-electron chi connectivity index (χ0n) is 9.16. The maximum Gasteiger partial charge on any atom is 0.278 e. The van der Waals surface area contributed by atoms with Gasteiger partial charge in [-0.3, -0.25) is 9.78 Å². The van der Waals surface area contributed by atoms with Gasteiger partial charge in [0, 0.05) is 12.0 Å². The molecule has 0 saturated carbocycles. The minimum Gasteiger partial charge on any atom is -0.369 e. The second kappa shape index (κ2) is 3.31. The molecule has 0 aromatic carbocycles. The highest BCUT2D eigenvalue weighted by Gasteiger charge is 2.16. The van der Waals surface area contributed by atoms with Gasteiger partial charge >= 0.3 is 0 Å². The molecule has 7 nitrogen and oxygen atoms in total. The SMILES string of the molecule is CC(C)(N)Cc1nc2nc(N)[nH]c(=O)c2[nH]1. The molecule has 0 aliphatic carbocycles. The normalized spacial score (nSPS) is 12.2. The summed E-state index contributed by atoms with van der Waals surface area (Å²) in [6.45, 7) is 3.76. The summed E-state index contributed by atoms with van der Waals surface area (Å²) in [5, 5.41) is 0. The highest BCUT2D eigenvalue weighted by atomic mass is 16.1. The Labute approximate surface area is 91.3 Å². The van der Waals surface area contributed by atoms with Crippen molar-refractivity contribution < 1.29 is 0 Å². The van der Waals surface area contributed by atoms with E-state index in [1.807, 2.05) is 13.8 Å². The van der Waals surface area contributed by atoms with Crippen LogP contribution >= 0.6 is 0 Å². The first-order valence-corrected chi connectivity index (χ1v) is 4.88. The van der Waals surface area contributed by atoms with Crippen LogP contribution in [0.15, 0.2) is 4.79 Å². The van der Waals surface area contributed by atoms with Crippen molar-refractivity contribution in [3.63, 3.8) is 0 Å². The van der Waals surface area contributed by atoms with Crippen molar-refractivity contribution >= 4 is 17.1 Å². The Morgan fingerprint density at radius 1 is 1.31 bits per heavy atom. The molecule has 0 fully saturated rings. The van der Waals surface area contributed by atoms with Gasteiger partial charge in [-0.1, -0.05) is 0 Å². The quantitative estimate of drug-likeness (QED) is 0.545. The molecular formula is C9H14N6O. The Kier molecular flexibility index (Phi) is 2.20. The van der Waals surface area contributed by atoms with Crippen molar-refractivity contribution in [2.75, 3.05) is 5.73 Å². The van der Waals surface area contributed by atoms with E-state index in [0.29, 0.717) is 23.4 Å². The van der Waals surface area contributed by atoms with Gasteiger partial charge in [0.25, 0.3) is 5.56 Å². The largest absolute Gasteiger partial charge is 0.369 e. The van der Waals surface area contributed by atoms with E-state index >= 15 is 0 Å². The number of anilines is 1. The molecule has 86 valence electrons. The van der Waals surface area contributed by atoms with E-state index in [2.05, 4.69) is 19.9 Å². The van der Waals surface area contributed by atoms with Gasteiger partial charge in [-0.05, 0) is 13.8 Å². The summed E-state index contributed by atoms with van der Waals surface area (Å²) in [7, 11) is 0. The molecular weight excluding hydrogens is 208 g/mol. The predicted octanol–water partition coefficient (Wildman–Crippen LogP) is -0.492. The Bertz CT molecular complexity index is 576. The first kappa shape index (κ1) is 10.6. The third-order valence-electron chi connectivity index (χ3n) is 2.05. The summed E-state index contributed by atoms with van der Waals surface area (Å²) in [6.07, 6.45) is 0.530. The third-order valence-corrected chi connectivity index (χ3v) is 2.05. The van der Waals surface area contributed by atoms with E-state index in [0.717, 1.165) is 0 Å². The number of hydrogen-bond donors (Lipinski definition) is 4. The fourth-order valence-corrected chi connectivity index (χ4v) is 1.49. The van der Waals surface area contributed by atoms with E-state index < -0.39 is 5.54 Å². The van der Waals surface area contributed by atoms with Gasteiger partial charge in [0.2, 0.25) is 5.95 Å². The molecule has 16 heavy (non-hydrogen) atoms. The van der Waals surface area contributed by atoms with Gasteiger partial charge in [-0.25, -0.2) is 4.98 Å². The maximum atomic E-state index is 11.5. The molecule has 2 rings (SSSR count). The van der Waals surface area contributed by atoms with Gasteiger partial charge in [0.15, 0.2) is 11.2 Å². The molecule has 2 heterocycles. The molecule has 0 saturated heterocycles. The summed E-state index contributed by atoms with van der Waals surface area (Å²) in [5.41, 5.74) is 11.2. The molecule has 0 unspecified atom stereocenters. The molecule has 7 heteroatoms. The molecule has 0 bridgehead atoms. The highest BCUT2D eigenvalue weighted by molar-refractivity contribution is 5.70. The lowest BCUT2D eigenvalue weighted by Crippen LogP contribution is -2.34. The van der Waals surface area contributed by atoms with E-state index in [1.54, 1.807) is 0 Å². The molecule has 2 aromatic heterocycles. The number of imidazole rings is 1. The van der Waals surface area contributed by atoms with E-state index in [4.69, 9.17) is 11.5 Å². The van der Waals surface area contributed by atoms with Gasteiger partial charge in [-0.2, -0.15) is 4.98 Å². The van der Waals surface area contributed by atoms with Crippen LogP contribution in [0.3, 0.4) is 0 Å². The first-order valence-electron chi connectivity index (χ1n) is 4.88. The van der Waals surface area contributed by atoms with Crippen LogP contribution in [0.2, 0.25) is 0 Å². The summed E-state index contributed by atoms with van der Waals surface area (Å²) in [6, 6.07) is 0. The molecule has 0 radical (unpaired) electrons. The van der Waals surface area contributed by atoms with Crippen molar-refractivity contribution in [2.24, 2.45) is 5.73 Å². The fraction of sp³-hybridized carbons (Fsp3) is 0.444. The molecule has 0 atom stereocenters. The first-order chi connectivity index (χ1) is 7.35. The lowest BCUT2D eigenvalue weighted by Gasteiger charge is -2.15. The number of nitrogens with two attached hydrogens (primary N) is 2. The Balaban J connectivity index is 2.52. The minimum atomic E-state index is -0.397. The minimum absolute atomic E-state index is 0.0579. The van der Waals surface area contributed by atoms with Crippen LogP contribution in [-0.4, -0.2) is 25.5 Å². The van der Waals surface area contributed by atoms with Crippen molar-refractivity contribution in [1.82, 2.24) is 19.9 Å².